The van der Waals surface area contributed by atoms with Crippen LogP contribution in [0.1, 0.15) is 33.9 Å². The van der Waals surface area contributed by atoms with Crippen molar-refractivity contribution in [3.63, 3.8) is 0 Å². The topological polar surface area (TPSA) is 191 Å². The molecular weight excluding hydrogens is 571 g/mol. The van der Waals surface area contributed by atoms with Crippen LogP contribution in [-0.2, 0) is 28.1 Å². The lowest BCUT2D eigenvalue weighted by molar-refractivity contribution is -0.183. The van der Waals surface area contributed by atoms with Gasteiger partial charge in [0.25, 0.3) is 0 Å². The number of nitrogens with zero attached hydrogens (tertiary/aromatic N) is 4. The average Bonchev–Trinajstić information content (AvgIpc) is 3.60. The summed E-state index contributed by atoms with van der Waals surface area (Å²) in [7, 11) is -3.96. The second-order valence-electron chi connectivity index (χ2n) is 10.3. The molecule has 0 aliphatic carbocycles. The van der Waals surface area contributed by atoms with Gasteiger partial charge in [-0.15, -0.1) is 0 Å². The number of hydrogen-bond acceptors (Lipinski definition) is 14. The van der Waals surface area contributed by atoms with Crippen LogP contribution in [0.2, 0.25) is 0 Å². The van der Waals surface area contributed by atoms with E-state index in [-0.39, 0.29) is 37.4 Å². The van der Waals surface area contributed by atoms with Gasteiger partial charge in [-0.2, -0.15) is 9.97 Å². The smallest absolute Gasteiger partial charge is 0.393 e. The summed E-state index contributed by atoms with van der Waals surface area (Å²) in [6.07, 6.45) is -1.97. The molecule has 228 valence electrons. The van der Waals surface area contributed by atoms with Crippen molar-refractivity contribution in [1.82, 2.24) is 24.8 Å². The van der Waals surface area contributed by atoms with Crippen LogP contribution >= 0.6 is 7.60 Å². The van der Waals surface area contributed by atoms with Crippen molar-refractivity contribution in [3.8, 4) is 11.6 Å². The first-order valence-corrected chi connectivity index (χ1v) is 15.3. The summed E-state index contributed by atoms with van der Waals surface area (Å²) in [6, 6.07) is 7.70. The highest BCUT2D eigenvalue weighted by molar-refractivity contribution is 7.54. The van der Waals surface area contributed by atoms with E-state index in [2.05, 4.69) is 20.3 Å². The predicted octanol–water partition coefficient (Wildman–Crippen LogP) is 2.01. The molecule has 1 aromatic carbocycles. The van der Waals surface area contributed by atoms with Gasteiger partial charge in [0, 0.05) is 0 Å². The number of nitrogens with two attached hydrogens (primary N) is 1. The number of esters is 1. The van der Waals surface area contributed by atoms with Crippen molar-refractivity contribution in [2.75, 3.05) is 31.8 Å². The maximum Gasteiger partial charge on any atom is 0.393 e. The van der Waals surface area contributed by atoms with Crippen molar-refractivity contribution in [1.29, 1.82) is 0 Å². The number of nitrogen functional groups attached to an aromatic ring is 1. The van der Waals surface area contributed by atoms with Gasteiger partial charge in [0.2, 0.25) is 11.8 Å². The van der Waals surface area contributed by atoms with E-state index >= 15 is 0 Å². The van der Waals surface area contributed by atoms with Crippen LogP contribution in [0.5, 0.6) is 11.6 Å². The Bertz CT molecular complexity index is 1460. The van der Waals surface area contributed by atoms with Crippen LogP contribution in [0.4, 0.5) is 5.95 Å². The molecular formula is C26H35N6O9P. The van der Waals surface area contributed by atoms with Crippen molar-refractivity contribution in [3.05, 3.63) is 36.7 Å². The number of para-hydroxylation sites is 1. The highest BCUT2D eigenvalue weighted by atomic mass is 31.2. The van der Waals surface area contributed by atoms with Gasteiger partial charge in [-0.3, -0.25) is 19.2 Å². The minimum Gasteiger partial charge on any atom is -0.476 e. The van der Waals surface area contributed by atoms with E-state index in [0.29, 0.717) is 23.5 Å². The fourth-order valence-electron chi connectivity index (χ4n) is 4.69. The van der Waals surface area contributed by atoms with Crippen molar-refractivity contribution >= 4 is 30.7 Å². The number of carbonyl (C=O) groups excluding carboxylic acids is 1. The molecule has 6 atom stereocenters. The minimum absolute atomic E-state index is 0.0200. The van der Waals surface area contributed by atoms with E-state index in [0.717, 1.165) is 0 Å². The standard InChI is InChI=1S/C26H35N6O9P/c1-5-36-22-18-21(30-25(27)31-22)32(13-28-18)23-19-20(33)26(40-23,11-37-19)12-38-42(35,41-17-9-7-6-8-10-17)14-29-16(4)24(34)39-15(2)3/h6-10,13,15-16,19-20,23,29,33H,5,11-12,14H2,1-4H3,(H2,27,30,31)/t16-,19+,20-,23?,26+,42+/m0/s1. The molecule has 2 saturated heterocycles. The maximum atomic E-state index is 14.0. The van der Waals surface area contributed by atoms with E-state index in [1.807, 2.05) is 6.92 Å². The SMILES string of the molecule is CCOc1nc(N)nc2c1ncn2C1O[C@@]2(CO[P@](=O)(CN[C@@H](C)C(=O)OC(C)C)Oc3ccccc3)CO[C@@H]1[C@@H]2O. The number of imidazole rings is 1. The van der Waals surface area contributed by atoms with Crippen LogP contribution < -0.4 is 20.3 Å². The van der Waals surface area contributed by atoms with Gasteiger partial charge in [-0.1, -0.05) is 18.2 Å². The molecule has 3 aromatic rings. The molecule has 2 bridgehead atoms. The van der Waals surface area contributed by atoms with E-state index in [1.54, 1.807) is 55.7 Å². The minimum atomic E-state index is -3.96. The third-order valence-electron chi connectivity index (χ3n) is 6.76. The third kappa shape index (κ3) is 6.07. The number of aromatic nitrogens is 4. The zero-order chi connectivity index (χ0) is 30.1. The first-order valence-electron chi connectivity index (χ1n) is 13.6. The zero-order valence-corrected chi connectivity index (χ0v) is 24.6. The molecule has 42 heavy (non-hydrogen) atoms. The Morgan fingerprint density at radius 1 is 1.29 bits per heavy atom. The Kier molecular flexibility index (Phi) is 8.69. The molecule has 2 aliphatic rings. The molecule has 16 heteroatoms. The number of nitrogens with one attached hydrogen (secondary N) is 1. The van der Waals surface area contributed by atoms with Crippen molar-refractivity contribution < 1.29 is 42.5 Å². The Morgan fingerprint density at radius 2 is 2.05 bits per heavy atom. The van der Waals surface area contributed by atoms with Gasteiger partial charge >= 0.3 is 13.6 Å². The maximum absolute atomic E-state index is 14.0. The summed E-state index contributed by atoms with van der Waals surface area (Å²) in [5.74, 6) is -0.00677. The second kappa shape index (κ2) is 12.1. The highest BCUT2D eigenvalue weighted by Gasteiger charge is 2.62. The number of anilines is 1. The summed E-state index contributed by atoms with van der Waals surface area (Å²) in [5, 5.41) is 14.1. The third-order valence-corrected chi connectivity index (χ3v) is 8.34. The lowest BCUT2D eigenvalue weighted by Gasteiger charge is -2.32. The van der Waals surface area contributed by atoms with E-state index in [9.17, 15) is 14.5 Å². The first-order chi connectivity index (χ1) is 20.0. The monoisotopic (exact) mass is 606 g/mol. The molecule has 1 unspecified atom stereocenters. The van der Waals surface area contributed by atoms with Crippen molar-refractivity contribution in [2.24, 2.45) is 0 Å². The number of carbonyl (C=O) groups is 1. The van der Waals surface area contributed by atoms with Crippen LogP contribution in [0, 0.1) is 0 Å². The fraction of sp³-hybridized carbons (Fsp3) is 0.538. The molecule has 4 heterocycles. The molecule has 15 nitrogen and oxygen atoms in total. The molecule has 5 rings (SSSR count). The van der Waals surface area contributed by atoms with Gasteiger partial charge in [-0.05, 0) is 39.8 Å². The number of rotatable bonds is 13. The van der Waals surface area contributed by atoms with E-state index < -0.39 is 43.6 Å². The van der Waals surface area contributed by atoms with Gasteiger partial charge in [0.15, 0.2) is 17.4 Å². The predicted molar refractivity (Wildman–Crippen MR) is 149 cm³/mol. The zero-order valence-electron chi connectivity index (χ0n) is 23.7. The summed E-state index contributed by atoms with van der Waals surface area (Å²) in [4.78, 5) is 25.0. The summed E-state index contributed by atoms with van der Waals surface area (Å²) < 4.78 is 50.3. The lowest BCUT2D eigenvalue weighted by atomic mass is 10.0. The van der Waals surface area contributed by atoms with Gasteiger partial charge in [-0.25, -0.2) is 9.55 Å². The largest absolute Gasteiger partial charge is 0.476 e. The molecule has 0 radical (unpaired) electrons. The quantitative estimate of drug-likeness (QED) is 0.189. The van der Waals surface area contributed by atoms with Crippen LogP contribution in [0.15, 0.2) is 36.7 Å². The Labute approximate surface area is 242 Å². The molecule has 0 saturated carbocycles. The first kappa shape index (κ1) is 30.1. The molecule has 0 spiro atoms. The van der Waals surface area contributed by atoms with Crippen molar-refractivity contribution in [2.45, 2.75) is 63.9 Å². The lowest BCUT2D eigenvalue weighted by Crippen LogP contribution is -2.45. The Balaban J connectivity index is 1.35. The molecule has 4 N–H and O–H groups in total. The van der Waals surface area contributed by atoms with Gasteiger partial charge < -0.3 is 34.3 Å². The number of benzene rings is 1. The summed E-state index contributed by atoms with van der Waals surface area (Å²) in [6.45, 7) is 6.84. The molecule has 0 amide bonds. The summed E-state index contributed by atoms with van der Waals surface area (Å²) >= 11 is 0. The number of fused-ring (bicyclic) bond motifs is 3. The summed E-state index contributed by atoms with van der Waals surface area (Å²) in [5.41, 5.74) is 5.22. The van der Waals surface area contributed by atoms with Gasteiger partial charge in [0.05, 0.1) is 32.3 Å². The molecule has 2 aromatic heterocycles. The average molecular weight is 607 g/mol. The number of hydrogen-bond donors (Lipinski definition) is 3. The molecule has 2 fully saturated rings. The van der Waals surface area contributed by atoms with E-state index in [1.165, 1.54) is 6.33 Å². The van der Waals surface area contributed by atoms with Crippen LogP contribution in [0.3, 0.4) is 0 Å². The normalized spacial score (nSPS) is 25.4. The highest BCUT2D eigenvalue weighted by Crippen LogP contribution is 2.52. The number of aliphatic hydroxyl groups is 1. The van der Waals surface area contributed by atoms with Crippen LogP contribution in [-0.4, -0.2) is 86.7 Å². The number of ether oxygens (including phenoxy) is 4. The Morgan fingerprint density at radius 3 is 2.76 bits per heavy atom. The fourth-order valence-corrected chi connectivity index (χ4v) is 6.25. The van der Waals surface area contributed by atoms with Gasteiger partial charge in [0.1, 0.15) is 35.9 Å². The second-order valence-corrected chi connectivity index (χ2v) is 12.3. The Hall–Kier alpha value is -3.33. The molecule has 2 aliphatic heterocycles. The number of aliphatic hydroxyl groups excluding tert-OH is 1. The van der Waals surface area contributed by atoms with E-state index in [4.69, 9.17) is 33.7 Å². The van der Waals surface area contributed by atoms with Crippen LogP contribution in [0.25, 0.3) is 11.2 Å².